The number of aryl methyl sites for hydroxylation is 2. The molecule has 0 radical (unpaired) electrons. The van der Waals surface area contributed by atoms with Gasteiger partial charge in [-0.05, 0) is 55.3 Å². The summed E-state index contributed by atoms with van der Waals surface area (Å²) in [6.07, 6.45) is 0. The summed E-state index contributed by atoms with van der Waals surface area (Å²) in [6, 6.07) is 19.6. The number of rotatable bonds is 7. The van der Waals surface area contributed by atoms with Gasteiger partial charge in [0, 0.05) is 22.0 Å². The lowest BCUT2D eigenvalue weighted by atomic mass is 10.1. The summed E-state index contributed by atoms with van der Waals surface area (Å²) >= 11 is 7.15. The maximum atomic E-state index is 14.3. The van der Waals surface area contributed by atoms with E-state index in [0.29, 0.717) is 5.69 Å². The van der Waals surface area contributed by atoms with Crippen molar-refractivity contribution in [3.63, 3.8) is 0 Å². The third kappa shape index (κ3) is 5.33. The van der Waals surface area contributed by atoms with Crippen LogP contribution in [0.2, 0.25) is 5.02 Å². The highest BCUT2D eigenvalue weighted by molar-refractivity contribution is 8.04. The first-order chi connectivity index (χ1) is 15.2. The first-order valence-electron chi connectivity index (χ1n) is 9.58. The van der Waals surface area contributed by atoms with E-state index in [2.05, 4.69) is 5.32 Å². The molecule has 0 atom stereocenters. The van der Waals surface area contributed by atoms with Gasteiger partial charge in [-0.25, -0.2) is 12.8 Å². The Hall–Kier alpha value is -2.79. The molecule has 8 heteroatoms. The zero-order chi connectivity index (χ0) is 23.3. The number of hydrogen-bond donors (Lipinski definition) is 1. The van der Waals surface area contributed by atoms with Crippen LogP contribution in [0, 0.1) is 31.0 Å². The van der Waals surface area contributed by atoms with Gasteiger partial charge in [-0.1, -0.05) is 48.0 Å². The zero-order valence-electron chi connectivity index (χ0n) is 17.4. The Morgan fingerprint density at radius 1 is 1.09 bits per heavy atom. The highest BCUT2D eigenvalue weighted by atomic mass is 35.5. The Kier molecular flexibility index (Phi) is 7.62. The minimum Gasteiger partial charge on any atom is -0.348 e. The van der Waals surface area contributed by atoms with Crippen LogP contribution in [0.15, 0.2) is 81.6 Å². The monoisotopic (exact) mass is 486 g/mol. The van der Waals surface area contributed by atoms with E-state index in [4.69, 9.17) is 11.6 Å². The smallest absolute Gasteiger partial charge is 0.219 e. The minimum atomic E-state index is -4.11. The summed E-state index contributed by atoms with van der Waals surface area (Å²) in [5.41, 5.74) is 2.72. The number of nitriles is 1. The van der Waals surface area contributed by atoms with E-state index < -0.39 is 20.6 Å². The van der Waals surface area contributed by atoms with Crippen molar-refractivity contribution in [3.8, 4) is 6.07 Å². The van der Waals surface area contributed by atoms with Crippen LogP contribution in [0.1, 0.15) is 16.7 Å². The Labute approximate surface area is 196 Å². The number of thioether (sulfide) groups is 1. The van der Waals surface area contributed by atoms with Gasteiger partial charge in [0.05, 0.1) is 4.90 Å². The summed E-state index contributed by atoms with van der Waals surface area (Å²) in [5.74, 6) is -0.464. The molecule has 0 aromatic heterocycles. The second-order valence-corrected chi connectivity index (χ2v) is 10.3. The standard InChI is InChI=1S/C24H20ClFN2O2S2/c1-16-11-12-17(2)22(13-16)28-24(31-15-19-20(25)9-6-10-21(19)26)23(14-27)32(29,30)18-7-4-3-5-8-18/h3-13,28H,15H2,1-2H3/b24-23+. The van der Waals surface area contributed by atoms with E-state index in [1.54, 1.807) is 24.3 Å². The van der Waals surface area contributed by atoms with Crippen molar-refractivity contribution in [2.45, 2.75) is 24.5 Å². The molecule has 0 spiro atoms. The molecule has 0 saturated carbocycles. The fourth-order valence-electron chi connectivity index (χ4n) is 2.92. The first-order valence-corrected chi connectivity index (χ1v) is 12.4. The van der Waals surface area contributed by atoms with E-state index >= 15 is 0 Å². The Morgan fingerprint density at radius 2 is 1.81 bits per heavy atom. The average molecular weight is 487 g/mol. The lowest BCUT2D eigenvalue weighted by Gasteiger charge is -2.16. The molecule has 0 saturated heterocycles. The Morgan fingerprint density at radius 3 is 2.47 bits per heavy atom. The van der Waals surface area contributed by atoms with Crippen LogP contribution >= 0.6 is 23.4 Å². The largest absolute Gasteiger partial charge is 0.348 e. The number of nitrogens with one attached hydrogen (secondary N) is 1. The van der Waals surface area contributed by atoms with Gasteiger partial charge in [-0.15, -0.1) is 11.8 Å². The number of nitrogens with zero attached hydrogens (tertiary/aromatic N) is 1. The average Bonchev–Trinajstić information content (AvgIpc) is 2.76. The summed E-state index contributed by atoms with van der Waals surface area (Å²) < 4.78 is 40.8. The summed E-state index contributed by atoms with van der Waals surface area (Å²) in [6.45, 7) is 3.78. The summed E-state index contributed by atoms with van der Waals surface area (Å²) in [4.78, 5) is -0.441. The second kappa shape index (κ2) is 10.2. The van der Waals surface area contributed by atoms with Crippen molar-refractivity contribution < 1.29 is 12.8 Å². The van der Waals surface area contributed by atoms with Crippen LogP contribution in [-0.2, 0) is 15.6 Å². The normalized spacial score (nSPS) is 12.1. The maximum Gasteiger partial charge on any atom is 0.219 e. The van der Waals surface area contributed by atoms with E-state index in [-0.39, 0.29) is 26.3 Å². The Balaban J connectivity index is 2.11. The third-order valence-corrected chi connectivity index (χ3v) is 7.93. The molecule has 0 aliphatic rings. The molecular weight excluding hydrogens is 467 g/mol. The maximum absolute atomic E-state index is 14.3. The van der Waals surface area contributed by atoms with Crippen molar-refractivity contribution in [2.24, 2.45) is 0 Å². The molecule has 32 heavy (non-hydrogen) atoms. The number of halogens is 2. The fourth-order valence-corrected chi connectivity index (χ4v) is 5.84. The number of sulfone groups is 1. The number of allylic oxidation sites excluding steroid dienone is 1. The zero-order valence-corrected chi connectivity index (χ0v) is 19.8. The van der Waals surface area contributed by atoms with Gasteiger partial charge in [-0.3, -0.25) is 0 Å². The van der Waals surface area contributed by atoms with Crippen molar-refractivity contribution in [1.82, 2.24) is 0 Å². The predicted molar refractivity (Wildman–Crippen MR) is 129 cm³/mol. The lowest BCUT2D eigenvalue weighted by Crippen LogP contribution is -2.11. The van der Waals surface area contributed by atoms with Gasteiger partial charge < -0.3 is 5.32 Å². The van der Waals surface area contributed by atoms with Crippen LogP contribution in [0.25, 0.3) is 0 Å². The van der Waals surface area contributed by atoms with Gasteiger partial charge >= 0.3 is 0 Å². The SMILES string of the molecule is Cc1ccc(C)c(N/C(SCc2c(F)cccc2Cl)=C(/C#N)S(=O)(=O)c2ccccc2)c1. The molecule has 0 amide bonds. The molecule has 0 fully saturated rings. The van der Waals surface area contributed by atoms with Crippen molar-refractivity contribution in [2.75, 3.05) is 5.32 Å². The molecule has 164 valence electrons. The molecule has 0 bridgehead atoms. The predicted octanol–water partition coefficient (Wildman–Crippen LogP) is 6.61. The molecule has 3 aromatic rings. The number of anilines is 1. The van der Waals surface area contributed by atoms with Gasteiger partial charge in [0.2, 0.25) is 9.84 Å². The lowest BCUT2D eigenvalue weighted by molar-refractivity contribution is 0.603. The molecule has 0 unspecified atom stereocenters. The van der Waals surface area contributed by atoms with E-state index in [1.807, 2.05) is 38.1 Å². The molecule has 0 aliphatic carbocycles. The van der Waals surface area contributed by atoms with Gasteiger partial charge in [0.15, 0.2) is 4.91 Å². The van der Waals surface area contributed by atoms with Gasteiger partial charge in [0.25, 0.3) is 0 Å². The van der Waals surface area contributed by atoms with E-state index in [1.165, 1.54) is 24.3 Å². The second-order valence-electron chi connectivity index (χ2n) is 7.02. The summed E-state index contributed by atoms with van der Waals surface area (Å²) in [7, 11) is -4.11. The molecule has 0 aliphatic heterocycles. The van der Waals surface area contributed by atoms with E-state index in [9.17, 15) is 18.1 Å². The third-order valence-electron chi connectivity index (χ3n) is 4.69. The minimum absolute atomic E-state index is 0.00124. The molecule has 3 aromatic carbocycles. The molecule has 4 nitrogen and oxygen atoms in total. The molecular formula is C24H20ClFN2O2S2. The van der Waals surface area contributed by atoms with Crippen molar-refractivity contribution in [3.05, 3.63) is 104 Å². The van der Waals surface area contributed by atoms with Crippen LogP contribution in [0.5, 0.6) is 0 Å². The van der Waals surface area contributed by atoms with Crippen LogP contribution < -0.4 is 5.32 Å². The van der Waals surface area contributed by atoms with Crippen LogP contribution in [0.3, 0.4) is 0 Å². The van der Waals surface area contributed by atoms with Crippen molar-refractivity contribution in [1.29, 1.82) is 5.26 Å². The van der Waals surface area contributed by atoms with Crippen LogP contribution in [0.4, 0.5) is 10.1 Å². The van der Waals surface area contributed by atoms with Crippen molar-refractivity contribution >= 4 is 38.9 Å². The number of hydrogen-bond acceptors (Lipinski definition) is 5. The van der Waals surface area contributed by atoms with Crippen LogP contribution in [-0.4, -0.2) is 8.42 Å². The topological polar surface area (TPSA) is 70.0 Å². The Bertz CT molecular complexity index is 1300. The summed E-state index contributed by atoms with van der Waals surface area (Å²) in [5, 5.41) is 13.3. The molecule has 3 rings (SSSR count). The van der Waals surface area contributed by atoms with Gasteiger partial charge in [-0.2, -0.15) is 5.26 Å². The first kappa shape index (κ1) is 23.9. The molecule has 1 N–H and O–H groups in total. The highest BCUT2D eigenvalue weighted by Crippen LogP contribution is 2.34. The number of benzene rings is 3. The van der Waals surface area contributed by atoms with Gasteiger partial charge in [0.1, 0.15) is 16.9 Å². The molecule has 0 heterocycles. The fraction of sp³-hybridized carbons (Fsp3) is 0.125. The highest BCUT2D eigenvalue weighted by Gasteiger charge is 2.26. The quantitative estimate of drug-likeness (QED) is 0.380. The van der Waals surface area contributed by atoms with E-state index in [0.717, 1.165) is 22.9 Å².